The highest BCUT2D eigenvalue weighted by atomic mass is 19.2. The van der Waals surface area contributed by atoms with Crippen molar-refractivity contribution in [1.82, 2.24) is 0 Å². The third kappa shape index (κ3) is 1.15. The Morgan fingerprint density at radius 2 is 2.23 bits per heavy atom. The fraction of sp³-hybridized carbons (Fsp3) is 0.889. The molecule has 0 radical (unpaired) electrons. The predicted octanol–water partition coefficient (Wildman–Crippen LogP) is 1.64. The maximum Gasteiger partial charge on any atom is 0.308 e. The van der Waals surface area contributed by atoms with Crippen LogP contribution in [0.2, 0.25) is 0 Å². The summed E-state index contributed by atoms with van der Waals surface area (Å²) in [5.74, 6) is -1.30. The summed E-state index contributed by atoms with van der Waals surface area (Å²) in [6.45, 7) is 0. The van der Waals surface area contributed by atoms with E-state index in [1.807, 2.05) is 0 Å². The first-order chi connectivity index (χ1) is 6.09. The SMILES string of the molecule is COC(=O)C1CCC2C(F)C2(F)C1. The molecule has 0 N–H and O–H groups in total. The van der Waals surface area contributed by atoms with Crippen LogP contribution in [-0.2, 0) is 9.53 Å². The van der Waals surface area contributed by atoms with Gasteiger partial charge in [0, 0.05) is 5.92 Å². The summed E-state index contributed by atoms with van der Waals surface area (Å²) in [5.41, 5.74) is -1.71. The Morgan fingerprint density at radius 1 is 1.54 bits per heavy atom. The lowest BCUT2D eigenvalue weighted by molar-refractivity contribution is -0.147. The van der Waals surface area contributed by atoms with Crippen LogP contribution in [0.25, 0.3) is 0 Å². The molecule has 0 spiro atoms. The Kier molecular flexibility index (Phi) is 1.82. The minimum Gasteiger partial charge on any atom is -0.469 e. The van der Waals surface area contributed by atoms with Crippen molar-refractivity contribution in [3.8, 4) is 0 Å². The molecule has 0 saturated heterocycles. The van der Waals surface area contributed by atoms with Gasteiger partial charge < -0.3 is 4.74 Å². The quantitative estimate of drug-likeness (QED) is 0.587. The summed E-state index contributed by atoms with van der Waals surface area (Å²) >= 11 is 0. The Morgan fingerprint density at radius 3 is 2.77 bits per heavy atom. The Hall–Kier alpha value is -0.670. The highest BCUT2D eigenvalue weighted by Gasteiger charge is 2.69. The Balaban J connectivity index is 2.01. The van der Waals surface area contributed by atoms with E-state index in [9.17, 15) is 13.6 Å². The molecule has 2 aliphatic rings. The average Bonchev–Trinajstić information content (AvgIpc) is 2.67. The van der Waals surface area contributed by atoms with Gasteiger partial charge in [0.15, 0.2) is 0 Å². The van der Waals surface area contributed by atoms with Gasteiger partial charge in [0.2, 0.25) is 0 Å². The first-order valence-electron chi connectivity index (χ1n) is 4.50. The van der Waals surface area contributed by atoms with E-state index in [1.54, 1.807) is 0 Å². The zero-order chi connectivity index (χ0) is 9.64. The highest BCUT2D eigenvalue weighted by molar-refractivity contribution is 5.72. The molecule has 2 fully saturated rings. The molecule has 13 heavy (non-hydrogen) atoms. The van der Waals surface area contributed by atoms with Gasteiger partial charge in [0.25, 0.3) is 0 Å². The largest absolute Gasteiger partial charge is 0.469 e. The fourth-order valence-electron chi connectivity index (χ4n) is 2.31. The van der Waals surface area contributed by atoms with Gasteiger partial charge in [-0.05, 0) is 19.3 Å². The molecule has 0 bridgehead atoms. The first-order valence-corrected chi connectivity index (χ1v) is 4.50. The number of carbonyl (C=O) groups excluding carboxylic acids is 1. The number of rotatable bonds is 1. The maximum absolute atomic E-state index is 13.5. The lowest BCUT2D eigenvalue weighted by Crippen LogP contribution is -2.26. The van der Waals surface area contributed by atoms with Crippen molar-refractivity contribution in [1.29, 1.82) is 0 Å². The Bertz CT molecular complexity index is 244. The van der Waals surface area contributed by atoms with Crippen LogP contribution in [0.3, 0.4) is 0 Å². The maximum atomic E-state index is 13.5. The number of hydrogen-bond donors (Lipinski definition) is 0. The van der Waals surface area contributed by atoms with E-state index >= 15 is 0 Å². The van der Waals surface area contributed by atoms with Crippen LogP contribution in [-0.4, -0.2) is 24.9 Å². The third-order valence-corrected chi connectivity index (χ3v) is 3.24. The summed E-state index contributed by atoms with van der Waals surface area (Å²) in [4.78, 5) is 11.1. The summed E-state index contributed by atoms with van der Waals surface area (Å²) < 4.78 is 30.9. The molecule has 4 unspecified atom stereocenters. The minimum atomic E-state index is -1.71. The van der Waals surface area contributed by atoms with E-state index < -0.39 is 29.6 Å². The molecule has 0 aliphatic heterocycles. The molecule has 0 heterocycles. The molecule has 0 aromatic rings. The summed E-state index contributed by atoms with van der Waals surface area (Å²) in [6.07, 6.45) is -0.311. The fourth-order valence-corrected chi connectivity index (χ4v) is 2.31. The van der Waals surface area contributed by atoms with Gasteiger partial charge in [-0.1, -0.05) is 0 Å². The second-order valence-corrected chi connectivity index (χ2v) is 3.94. The van der Waals surface area contributed by atoms with Crippen LogP contribution in [0.5, 0.6) is 0 Å². The average molecular weight is 190 g/mol. The van der Waals surface area contributed by atoms with E-state index in [4.69, 9.17) is 0 Å². The monoisotopic (exact) mass is 190 g/mol. The molecule has 2 aliphatic carbocycles. The summed E-state index contributed by atoms with van der Waals surface area (Å²) in [5, 5.41) is 0. The van der Waals surface area contributed by atoms with Crippen molar-refractivity contribution in [3.63, 3.8) is 0 Å². The molecule has 0 amide bonds. The van der Waals surface area contributed by atoms with E-state index in [-0.39, 0.29) is 6.42 Å². The topological polar surface area (TPSA) is 26.3 Å². The Labute approximate surface area is 75.3 Å². The van der Waals surface area contributed by atoms with Gasteiger partial charge in [0.1, 0.15) is 11.8 Å². The second kappa shape index (κ2) is 2.66. The molecule has 2 rings (SSSR count). The second-order valence-electron chi connectivity index (χ2n) is 3.94. The van der Waals surface area contributed by atoms with Crippen molar-refractivity contribution in [3.05, 3.63) is 0 Å². The molecular weight excluding hydrogens is 178 g/mol. The molecule has 2 nitrogen and oxygen atoms in total. The zero-order valence-corrected chi connectivity index (χ0v) is 7.43. The van der Waals surface area contributed by atoms with Crippen molar-refractivity contribution in [2.24, 2.45) is 11.8 Å². The van der Waals surface area contributed by atoms with Gasteiger partial charge in [-0.2, -0.15) is 0 Å². The van der Waals surface area contributed by atoms with Crippen LogP contribution in [0.1, 0.15) is 19.3 Å². The molecule has 74 valence electrons. The number of ether oxygens (including phenoxy) is 1. The summed E-state index contributed by atoms with van der Waals surface area (Å²) in [7, 11) is 1.28. The number of carbonyl (C=O) groups is 1. The third-order valence-electron chi connectivity index (χ3n) is 3.24. The van der Waals surface area contributed by atoms with Gasteiger partial charge in [0.05, 0.1) is 13.0 Å². The van der Waals surface area contributed by atoms with Gasteiger partial charge in [-0.25, -0.2) is 8.78 Å². The number of halogens is 2. The molecular formula is C9H12F2O2. The first kappa shape index (κ1) is 8.91. The van der Waals surface area contributed by atoms with E-state index in [1.165, 1.54) is 7.11 Å². The van der Waals surface area contributed by atoms with E-state index in [2.05, 4.69) is 4.74 Å². The van der Waals surface area contributed by atoms with Crippen molar-refractivity contribution >= 4 is 5.97 Å². The standard InChI is InChI=1S/C9H12F2O2/c1-13-8(12)5-2-3-6-7(10)9(6,11)4-5/h5-7H,2-4H2,1H3. The zero-order valence-electron chi connectivity index (χ0n) is 7.43. The smallest absolute Gasteiger partial charge is 0.308 e. The van der Waals surface area contributed by atoms with E-state index in [0.29, 0.717) is 12.8 Å². The number of esters is 1. The lowest BCUT2D eigenvalue weighted by atomic mass is 9.88. The molecule has 0 aromatic carbocycles. The number of hydrogen-bond acceptors (Lipinski definition) is 2. The minimum absolute atomic E-state index is 0.00546. The number of fused-ring (bicyclic) bond motifs is 1. The van der Waals surface area contributed by atoms with Crippen molar-refractivity contribution in [2.45, 2.75) is 31.1 Å². The molecule has 2 saturated carbocycles. The molecule has 0 aromatic heterocycles. The van der Waals surface area contributed by atoms with Crippen LogP contribution >= 0.6 is 0 Å². The summed E-state index contributed by atoms with van der Waals surface area (Å²) in [6, 6.07) is 0. The normalized spacial score (nSPS) is 48.1. The highest BCUT2D eigenvalue weighted by Crippen LogP contribution is 2.60. The number of methoxy groups -OCH3 is 1. The van der Waals surface area contributed by atoms with Gasteiger partial charge in [-0.15, -0.1) is 0 Å². The van der Waals surface area contributed by atoms with Crippen LogP contribution in [0.15, 0.2) is 0 Å². The number of alkyl halides is 2. The molecule has 4 atom stereocenters. The van der Waals surface area contributed by atoms with Crippen molar-refractivity contribution < 1.29 is 18.3 Å². The van der Waals surface area contributed by atoms with Crippen LogP contribution in [0.4, 0.5) is 8.78 Å². The lowest BCUT2D eigenvalue weighted by Gasteiger charge is -2.20. The molecule has 4 heteroatoms. The van der Waals surface area contributed by atoms with Crippen LogP contribution in [0, 0.1) is 11.8 Å². The van der Waals surface area contributed by atoms with Crippen LogP contribution < -0.4 is 0 Å². The van der Waals surface area contributed by atoms with Crippen molar-refractivity contribution in [2.75, 3.05) is 7.11 Å². The van der Waals surface area contributed by atoms with Gasteiger partial charge in [-0.3, -0.25) is 4.79 Å². The van der Waals surface area contributed by atoms with E-state index in [0.717, 1.165) is 0 Å². The predicted molar refractivity (Wildman–Crippen MR) is 41.6 cm³/mol. The van der Waals surface area contributed by atoms with Gasteiger partial charge >= 0.3 is 5.97 Å².